The first kappa shape index (κ1) is 74.3. The zero-order valence-electron chi connectivity index (χ0n) is 61.9. The van der Waals surface area contributed by atoms with Gasteiger partial charge in [0.05, 0.1) is 55.8 Å². The molecule has 0 atom stereocenters. The molecule has 0 radical (unpaired) electrons. The second-order valence-corrected chi connectivity index (χ2v) is 33.9. The SMILES string of the molecule is CCCCCCCCCCCCC1(CCCCCCCCCCCC)c2cc3c(cc2-c2c1cc(C)c1nsnc21)C(CCCCCCCCCCCC)(CCCCCCCCCCCC)c1cc(-c2ccc(C4=C5C(=O)N(C)C(c6ccc(C)s6)=C5C(=O)N4C)s2)c2nsnc2c1-3. The number of amides is 2. The van der Waals surface area contributed by atoms with Gasteiger partial charge >= 0.3 is 0 Å². The number of thiophene rings is 2. The molecule has 2 aliphatic heterocycles. The average molecular weight is 1400 g/mol. The van der Waals surface area contributed by atoms with E-state index < -0.39 is 0 Å². The maximum atomic E-state index is 14.5. The number of carbonyl (C=O) groups is 2. The fourth-order valence-electron chi connectivity index (χ4n) is 17.9. The van der Waals surface area contributed by atoms with E-state index in [1.54, 1.807) is 32.5 Å². The van der Waals surface area contributed by atoms with Crippen LogP contribution in [0.1, 0.15) is 353 Å². The van der Waals surface area contributed by atoms with E-state index >= 15 is 0 Å². The fraction of sp³-hybridized carbons (Fsp3) is 0.628. The molecule has 11 rings (SSSR count). The number of likely N-dealkylation sites (N-methyl/N-ethyl adjacent to an activating group) is 2. The number of aryl methyl sites for hydroxylation is 2. The normalized spacial score (nSPS) is 15.2. The lowest BCUT2D eigenvalue weighted by Crippen LogP contribution is -2.27. The van der Waals surface area contributed by atoms with Crippen molar-refractivity contribution >= 4 is 91.4 Å². The van der Waals surface area contributed by atoms with E-state index in [-0.39, 0.29) is 22.6 Å². The van der Waals surface area contributed by atoms with E-state index in [0.717, 1.165) is 72.8 Å². The minimum Gasteiger partial charge on any atom is -0.309 e. The second kappa shape index (κ2) is 36.3. The van der Waals surface area contributed by atoms with Crippen molar-refractivity contribution in [3.63, 3.8) is 0 Å². The molecule has 4 aromatic heterocycles. The van der Waals surface area contributed by atoms with Crippen molar-refractivity contribution in [1.29, 1.82) is 0 Å². The fourth-order valence-corrected chi connectivity index (χ4v) is 21.1. The Morgan fingerprint density at radius 3 is 1.02 bits per heavy atom. The summed E-state index contributed by atoms with van der Waals surface area (Å²) < 4.78 is 21.3. The first-order valence-corrected chi connectivity index (χ1v) is 43.1. The third-order valence-corrected chi connectivity index (χ3v) is 26.6. The number of hydrogen-bond acceptors (Lipinski definition) is 10. The van der Waals surface area contributed by atoms with Gasteiger partial charge in [-0.2, -0.15) is 17.5 Å². The summed E-state index contributed by atoms with van der Waals surface area (Å²) in [5.74, 6) is -0.248. The molecule has 3 aromatic carbocycles. The molecule has 8 nitrogen and oxygen atoms in total. The summed E-state index contributed by atoms with van der Waals surface area (Å²) in [4.78, 5) is 36.6. The van der Waals surface area contributed by atoms with E-state index in [1.165, 1.54) is 330 Å². The number of nitrogens with zero attached hydrogens (tertiary/aromatic N) is 6. The van der Waals surface area contributed by atoms with Gasteiger partial charge in [-0.05, 0) is 121 Å². The van der Waals surface area contributed by atoms with Crippen molar-refractivity contribution in [2.24, 2.45) is 0 Å². The predicted octanol–water partition coefficient (Wildman–Crippen LogP) is 26.9. The number of carbonyl (C=O) groups excluding carboxylic acids is 2. The monoisotopic (exact) mass is 1400 g/mol. The topological polar surface area (TPSA) is 92.2 Å². The summed E-state index contributed by atoms with van der Waals surface area (Å²) in [5.41, 5.74) is 20.1. The zero-order chi connectivity index (χ0) is 68.4. The molecule has 2 amide bonds. The highest BCUT2D eigenvalue weighted by atomic mass is 32.1. The lowest BCUT2D eigenvalue weighted by molar-refractivity contribution is -0.123. The van der Waals surface area contributed by atoms with Gasteiger partial charge in [0.25, 0.3) is 11.8 Å². The van der Waals surface area contributed by atoms with Crippen LogP contribution in [-0.4, -0.2) is 53.2 Å². The molecule has 0 spiro atoms. The van der Waals surface area contributed by atoms with Gasteiger partial charge < -0.3 is 9.80 Å². The molecule has 0 fully saturated rings. The molecule has 7 aromatic rings. The molecule has 0 bridgehead atoms. The van der Waals surface area contributed by atoms with Gasteiger partial charge in [-0.1, -0.05) is 291 Å². The molecule has 0 saturated carbocycles. The van der Waals surface area contributed by atoms with Gasteiger partial charge in [0.1, 0.15) is 22.1 Å². The molecule has 0 unspecified atom stereocenters. The summed E-state index contributed by atoms with van der Waals surface area (Å²) in [6, 6.07) is 19.3. The van der Waals surface area contributed by atoms with Gasteiger partial charge in [-0.25, -0.2) is 0 Å². The Morgan fingerprint density at radius 1 is 0.337 bits per heavy atom. The summed E-state index contributed by atoms with van der Waals surface area (Å²) in [6.07, 6.45) is 57.3. The minimum atomic E-state index is -0.255. The van der Waals surface area contributed by atoms with Crippen LogP contribution in [-0.2, 0) is 20.4 Å². The van der Waals surface area contributed by atoms with Crippen molar-refractivity contribution in [3.8, 4) is 32.7 Å². The van der Waals surface area contributed by atoms with Gasteiger partial charge in [-0.15, -0.1) is 22.7 Å². The standard InChI is InChI=1S/C86H120N6O2S4/c1-9-13-17-21-25-29-33-37-41-45-53-85(54-46-42-38-34-30-26-22-18-14-10-2)66-59-64-67(58-63(66)73-68(85)57-61(5)77-79(73)89-97-87-77)86(55-47-43-39-35-31-27-23-19-15-11-3,56-48-44-40-36-32-28-24-20-16-12-4)69-60-65(78-80(74(64)69)90-98-88-78)70-51-52-72(96-70)82-76-75(83(93)92(82)8)81(91(7)84(76)94)71-50-49-62(6)95-71/h49-52,57-60H,9-48,53-56H2,1-8H3. The quantitative estimate of drug-likeness (QED) is 0.0353. The number of hydrogen-bond donors (Lipinski definition) is 0. The van der Waals surface area contributed by atoms with Crippen LogP contribution in [0.4, 0.5) is 0 Å². The highest BCUT2D eigenvalue weighted by molar-refractivity contribution is 7.16. The highest BCUT2D eigenvalue weighted by Gasteiger charge is 2.51. The largest absolute Gasteiger partial charge is 0.309 e. The van der Waals surface area contributed by atoms with Crippen LogP contribution in [0.3, 0.4) is 0 Å². The van der Waals surface area contributed by atoms with Crippen LogP contribution in [0.15, 0.2) is 59.7 Å². The molecule has 98 heavy (non-hydrogen) atoms. The predicted molar refractivity (Wildman–Crippen MR) is 423 cm³/mol. The summed E-state index contributed by atoms with van der Waals surface area (Å²) in [5, 5.41) is 0. The van der Waals surface area contributed by atoms with Crippen LogP contribution in [0.2, 0.25) is 0 Å². The van der Waals surface area contributed by atoms with Crippen molar-refractivity contribution in [3.05, 3.63) is 102 Å². The third kappa shape index (κ3) is 16.3. The molecule has 2 aliphatic carbocycles. The van der Waals surface area contributed by atoms with E-state index in [4.69, 9.17) is 17.5 Å². The van der Waals surface area contributed by atoms with Crippen molar-refractivity contribution < 1.29 is 9.59 Å². The van der Waals surface area contributed by atoms with Crippen molar-refractivity contribution in [1.82, 2.24) is 27.3 Å². The molecule has 6 heterocycles. The van der Waals surface area contributed by atoms with E-state index in [0.29, 0.717) is 22.5 Å². The Hall–Kier alpha value is -4.88. The molecule has 4 aliphatic rings. The molecule has 530 valence electrons. The number of fused-ring (bicyclic) bond motifs is 11. The Morgan fingerprint density at radius 2 is 0.643 bits per heavy atom. The smallest absolute Gasteiger partial charge is 0.261 e. The number of benzene rings is 3. The number of unbranched alkanes of at least 4 members (excludes halogenated alkanes) is 36. The molecular weight excluding hydrogens is 1280 g/mol. The molecule has 0 N–H and O–H groups in total. The van der Waals surface area contributed by atoms with Crippen LogP contribution in [0.5, 0.6) is 0 Å². The first-order chi connectivity index (χ1) is 48.0. The zero-order valence-corrected chi connectivity index (χ0v) is 65.1. The average Bonchev–Trinajstić information content (AvgIpc) is 1.52. The van der Waals surface area contributed by atoms with Gasteiger partial charge in [0.15, 0.2) is 0 Å². The minimum absolute atomic E-state index is 0.124. The van der Waals surface area contributed by atoms with Crippen LogP contribution >= 0.6 is 46.1 Å². The van der Waals surface area contributed by atoms with Crippen LogP contribution < -0.4 is 0 Å². The van der Waals surface area contributed by atoms with E-state index in [2.05, 4.69) is 90.1 Å². The lowest BCUT2D eigenvalue weighted by atomic mass is 9.68. The third-order valence-electron chi connectivity index (χ3n) is 23.4. The van der Waals surface area contributed by atoms with Crippen LogP contribution in [0, 0.1) is 13.8 Å². The number of aromatic nitrogens is 4. The van der Waals surface area contributed by atoms with E-state index in [1.807, 2.05) is 14.1 Å². The van der Waals surface area contributed by atoms with Gasteiger partial charge in [0.2, 0.25) is 0 Å². The summed E-state index contributed by atoms with van der Waals surface area (Å²) in [6.45, 7) is 13.7. The molecule has 0 saturated heterocycles. The maximum absolute atomic E-state index is 14.5. The van der Waals surface area contributed by atoms with Gasteiger partial charge in [0, 0.05) is 51.4 Å². The van der Waals surface area contributed by atoms with Gasteiger partial charge in [-0.3, -0.25) is 9.59 Å². The second-order valence-electron chi connectivity index (χ2n) is 30.5. The van der Waals surface area contributed by atoms with E-state index in [9.17, 15) is 9.59 Å². The number of rotatable bonds is 47. The Labute approximate surface area is 607 Å². The molecular formula is C86H120N6O2S4. The van der Waals surface area contributed by atoms with Crippen LogP contribution in [0.25, 0.3) is 66.2 Å². The Bertz CT molecular complexity index is 3790. The highest BCUT2D eigenvalue weighted by Crippen LogP contribution is 2.64. The first-order valence-electron chi connectivity index (χ1n) is 40.0. The lowest BCUT2D eigenvalue weighted by Gasteiger charge is -2.35. The Kier molecular flexibility index (Phi) is 27.5. The van der Waals surface area contributed by atoms with Crippen molar-refractivity contribution in [2.75, 3.05) is 14.1 Å². The molecule has 12 heteroatoms. The summed E-state index contributed by atoms with van der Waals surface area (Å²) >= 11 is 6.08. The Balaban J connectivity index is 1.03. The maximum Gasteiger partial charge on any atom is 0.261 e. The summed E-state index contributed by atoms with van der Waals surface area (Å²) in [7, 11) is 3.67. The van der Waals surface area contributed by atoms with Crippen molar-refractivity contribution in [2.45, 2.75) is 335 Å².